The van der Waals surface area contributed by atoms with Gasteiger partial charge in [-0.2, -0.15) is 4.98 Å². The van der Waals surface area contributed by atoms with Gasteiger partial charge in [-0.1, -0.05) is 6.92 Å². The molecule has 0 bridgehead atoms. The Hall–Kier alpha value is -3.76. The van der Waals surface area contributed by atoms with Crippen LogP contribution in [0.15, 0.2) is 36.8 Å². The summed E-state index contributed by atoms with van der Waals surface area (Å²) in [7, 11) is 0. The molecule has 2 aliphatic rings. The Kier molecular flexibility index (Phi) is 4.68. The molecular weight excluding hydrogens is 445 g/mol. The molecule has 34 heavy (non-hydrogen) atoms. The molecule has 1 aliphatic carbocycles. The molecule has 1 saturated carbocycles. The van der Waals surface area contributed by atoms with Gasteiger partial charge in [-0.3, -0.25) is 9.13 Å². The second-order valence-corrected chi connectivity index (χ2v) is 8.62. The average Bonchev–Trinajstić information content (AvgIpc) is 3.45. The Morgan fingerprint density at radius 2 is 1.91 bits per heavy atom. The van der Waals surface area contributed by atoms with Crippen molar-refractivity contribution in [2.24, 2.45) is 0 Å². The number of nitrogens with zero attached hydrogens (tertiary/aromatic N) is 8. The summed E-state index contributed by atoms with van der Waals surface area (Å²) in [5.74, 6) is 0.970. The van der Waals surface area contributed by atoms with E-state index >= 15 is 0 Å². The molecule has 174 valence electrons. The first-order valence-electron chi connectivity index (χ1n) is 11.2. The lowest BCUT2D eigenvalue weighted by atomic mass is 9.87. The number of rotatable bonds is 4. The zero-order chi connectivity index (χ0) is 23.6. The van der Waals surface area contributed by atoms with Crippen LogP contribution in [-0.2, 0) is 0 Å². The maximum Gasteiger partial charge on any atom is 0.237 e. The summed E-state index contributed by atoms with van der Waals surface area (Å²) in [5.41, 5.74) is 1.12. The number of aromatic nitrogens is 7. The van der Waals surface area contributed by atoms with Crippen molar-refractivity contribution in [1.29, 1.82) is 0 Å². The zero-order valence-electron chi connectivity index (χ0n) is 18.5. The van der Waals surface area contributed by atoms with Crippen LogP contribution in [0.3, 0.4) is 0 Å². The Morgan fingerprint density at radius 1 is 1.09 bits per heavy atom. The summed E-state index contributed by atoms with van der Waals surface area (Å²) in [5, 5.41) is 8.66. The van der Waals surface area contributed by atoms with Crippen LogP contribution in [0.25, 0.3) is 23.0 Å². The molecule has 4 aromatic rings. The van der Waals surface area contributed by atoms with Gasteiger partial charge in [0.05, 0.1) is 12.2 Å². The van der Waals surface area contributed by atoms with Crippen LogP contribution in [0, 0.1) is 18.6 Å². The van der Waals surface area contributed by atoms with Gasteiger partial charge in [-0.15, -0.1) is 10.2 Å². The second kappa shape index (κ2) is 7.64. The number of halogens is 3. The quantitative estimate of drug-likeness (QED) is 0.447. The van der Waals surface area contributed by atoms with Crippen LogP contribution < -0.4 is 4.90 Å². The predicted molar refractivity (Wildman–Crippen MR) is 118 cm³/mol. The van der Waals surface area contributed by atoms with E-state index in [1.165, 1.54) is 6.07 Å². The van der Waals surface area contributed by atoms with Gasteiger partial charge in [0.15, 0.2) is 23.3 Å². The molecule has 0 N–H and O–H groups in total. The molecule has 3 aromatic heterocycles. The van der Waals surface area contributed by atoms with E-state index in [9.17, 15) is 13.2 Å². The van der Waals surface area contributed by atoms with Crippen LogP contribution >= 0.6 is 0 Å². The Bertz CT molecular complexity index is 1390. The molecule has 0 amide bonds. The standard InChI is InChI=1S/C23H21F3N8/c1-3-18-22-31-30-12(2)33(22)19-11-28-23(29-21(19)34(18)15-9-14(24)10-15)32-7-6-27-20(32)13-4-5-16(25)17(26)8-13/h4-8,11,14-15,18H,3,9-10H2,1-2H3/t14?,15?,18-/m1/s1. The largest absolute Gasteiger partial charge is 0.341 e. The highest BCUT2D eigenvalue weighted by Gasteiger charge is 2.43. The lowest BCUT2D eigenvalue weighted by Crippen LogP contribution is -2.50. The van der Waals surface area contributed by atoms with Crippen LogP contribution in [0.2, 0.25) is 0 Å². The highest BCUT2D eigenvalue weighted by Crippen LogP contribution is 2.44. The summed E-state index contributed by atoms with van der Waals surface area (Å²) in [6.07, 6.45) is 5.67. The molecule has 0 spiro atoms. The number of imidazole rings is 1. The van der Waals surface area contributed by atoms with Crippen LogP contribution in [-0.4, -0.2) is 46.5 Å². The number of aryl methyl sites for hydroxylation is 1. The van der Waals surface area contributed by atoms with E-state index in [4.69, 9.17) is 4.98 Å². The van der Waals surface area contributed by atoms with Crippen LogP contribution in [0.1, 0.15) is 43.9 Å². The molecule has 1 fully saturated rings. The second-order valence-electron chi connectivity index (χ2n) is 8.62. The molecule has 8 nitrogen and oxygen atoms in total. The monoisotopic (exact) mass is 466 g/mol. The fraction of sp³-hybridized carbons (Fsp3) is 0.348. The van der Waals surface area contributed by atoms with Gasteiger partial charge in [0.2, 0.25) is 5.95 Å². The van der Waals surface area contributed by atoms with E-state index in [1.807, 2.05) is 11.5 Å². The van der Waals surface area contributed by atoms with Gasteiger partial charge in [0, 0.05) is 24.0 Å². The highest BCUT2D eigenvalue weighted by molar-refractivity contribution is 5.64. The molecule has 1 aromatic carbocycles. The number of benzene rings is 1. The molecule has 1 atom stereocenters. The minimum absolute atomic E-state index is 0.0133. The third-order valence-corrected chi connectivity index (χ3v) is 6.58. The molecule has 0 saturated heterocycles. The van der Waals surface area contributed by atoms with Gasteiger partial charge in [-0.25, -0.2) is 23.1 Å². The van der Waals surface area contributed by atoms with E-state index in [0.717, 1.165) is 30.1 Å². The summed E-state index contributed by atoms with van der Waals surface area (Å²) in [6.45, 7) is 3.93. The molecule has 0 radical (unpaired) electrons. The summed E-state index contributed by atoms with van der Waals surface area (Å²) < 4.78 is 44.8. The Morgan fingerprint density at radius 3 is 2.65 bits per heavy atom. The first-order chi connectivity index (χ1) is 16.5. The summed E-state index contributed by atoms with van der Waals surface area (Å²) in [6, 6.07) is 3.49. The van der Waals surface area contributed by atoms with Gasteiger partial charge >= 0.3 is 0 Å². The van der Waals surface area contributed by atoms with Gasteiger partial charge in [0.1, 0.15) is 23.5 Å². The third kappa shape index (κ3) is 3.02. The van der Waals surface area contributed by atoms with Crippen molar-refractivity contribution in [2.45, 2.75) is 51.4 Å². The molecule has 11 heteroatoms. The molecule has 4 heterocycles. The van der Waals surface area contributed by atoms with E-state index in [-0.39, 0.29) is 12.1 Å². The summed E-state index contributed by atoms with van der Waals surface area (Å²) >= 11 is 0. The third-order valence-electron chi connectivity index (χ3n) is 6.58. The number of anilines is 1. The highest BCUT2D eigenvalue weighted by atomic mass is 19.2. The Labute approximate surface area is 193 Å². The minimum Gasteiger partial charge on any atom is -0.341 e. The Balaban J connectivity index is 1.50. The van der Waals surface area contributed by atoms with Crippen molar-refractivity contribution in [3.05, 3.63) is 60.1 Å². The predicted octanol–water partition coefficient (Wildman–Crippen LogP) is 4.27. The number of alkyl halides is 1. The zero-order valence-corrected chi connectivity index (χ0v) is 18.5. The summed E-state index contributed by atoms with van der Waals surface area (Å²) in [4.78, 5) is 15.9. The normalized spacial score (nSPS) is 21.2. The van der Waals surface area contributed by atoms with Crippen molar-refractivity contribution < 1.29 is 13.2 Å². The number of hydrogen-bond donors (Lipinski definition) is 0. The number of hydrogen-bond acceptors (Lipinski definition) is 6. The average molecular weight is 466 g/mol. The fourth-order valence-electron chi connectivity index (χ4n) is 4.85. The lowest BCUT2D eigenvalue weighted by Gasteiger charge is -2.46. The maximum atomic E-state index is 13.9. The minimum atomic E-state index is -0.961. The molecule has 0 unspecified atom stereocenters. The fourth-order valence-corrected chi connectivity index (χ4v) is 4.85. The van der Waals surface area contributed by atoms with Gasteiger partial charge in [0.25, 0.3) is 0 Å². The van der Waals surface area contributed by atoms with Crippen molar-refractivity contribution in [3.63, 3.8) is 0 Å². The van der Waals surface area contributed by atoms with E-state index in [2.05, 4.69) is 32.0 Å². The first kappa shape index (κ1) is 20.8. The first-order valence-corrected chi connectivity index (χ1v) is 11.2. The smallest absolute Gasteiger partial charge is 0.237 e. The van der Waals surface area contributed by atoms with E-state index in [0.29, 0.717) is 41.8 Å². The SMILES string of the molecule is CC[C@@H]1c2nnc(C)n2-c2cnc(-n3ccnc3-c3ccc(F)c(F)c3)nc2N1C1CC(F)C1. The molecule has 1 aliphatic heterocycles. The van der Waals surface area contributed by atoms with E-state index < -0.39 is 17.8 Å². The molecular formula is C23H21F3N8. The van der Waals surface area contributed by atoms with E-state index in [1.54, 1.807) is 23.2 Å². The van der Waals surface area contributed by atoms with Crippen LogP contribution in [0.4, 0.5) is 19.0 Å². The van der Waals surface area contributed by atoms with Crippen molar-refractivity contribution in [2.75, 3.05) is 4.90 Å². The van der Waals surface area contributed by atoms with Crippen molar-refractivity contribution in [3.8, 4) is 23.0 Å². The lowest BCUT2D eigenvalue weighted by molar-refractivity contribution is 0.164. The maximum absolute atomic E-state index is 13.9. The molecule has 6 rings (SSSR count). The van der Waals surface area contributed by atoms with Gasteiger partial charge < -0.3 is 4.90 Å². The number of fused-ring (bicyclic) bond motifs is 3. The van der Waals surface area contributed by atoms with Crippen molar-refractivity contribution >= 4 is 5.82 Å². The van der Waals surface area contributed by atoms with Gasteiger partial charge in [-0.05, 0) is 44.4 Å². The van der Waals surface area contributed by atoms with Crippen LogP contribution in [0.5, 0.6) is 0 Å². The topological polar surface area (TPSA) is 77.5 Å². The van der Waals surface area contributed by atoms with Crippen molar-refractivity contribution in [1.82, 2.24) is 34.3 Å².